The van der Waals surface area contributed by atoms with E-state index < -0.39 is 12.1 Å². The fourth-order valence-corrected chi connectivity index (χ4v) is 8.22. The molecule has 1 amide bonds. The minimum atomic E-state index is -0.851. The van der Waals surface area contributed by atoms with Crippen molar-refractivity contribution in [2.75, 3.05) is 13.2 Å². The van der Waals surface area contributed by atoms with Crippen molar-refractivity contribution < 1.29 is 24.5 Å². The normalized spacial score (nSPS) is 12.7. The molecule has 0 spiro atoms. The van der Waals surface area contributed by atoms with Gasteiger partial charge in [0, 0.05) is 12.8 Å². The largest absolute Gasteiger partial charge is 0.466 e. The van der Waals surface area contributed by atoms with Gasteiger partial charge in [-0.05, 0) is 32.1 Å². The van der Waals surface area contributed by atoms with Gasteiger partial charge in [-0.15, -0.1) is 0 Å². The van der Waals surface area contributed by atoms with Crippen molar-refractivity contribution in [1.82, 2.24) is 5.32 Å². The van der Waals surface area contributed by atoms with Crippen molar-refractivity contribution in [2.45, 2.75) is 302 Å². The summed E-state index contributed by atoms with van der Waals surface area (Å²) in [7, 11) is 0. The van der Waals surface area contributed by atoms with E-state index in [2.05, 4.69) is 19.2 Å². The van der Waals surface area contributed by atoms with Crippen molar-refractivity contribution in [3.8, 4) is 0 Å². The summed E-state index contributed by atoms with van der Waals surface area (Å²) in [5.74, 6) is -0.0834. The first-order valence-electron chi connectivity index (χ1n) is 26.5. The van der Waals surface area contributed by atoms with E-state index >= 15 is 0 Å². The predicted molar refractivity (Wildman–Crippen MR) is 255 cm³/mol. The molecule has 0 aromatic carbocycles. The maximum atomic E-state index is 12.4. The number of aliphatic hydroxyl groups excluding tert-OH is 2. The van der Waals surface area contributed by atoms with E-state index in [0.29, 0.717) is 19.4 Å². The Bertz CT molecular complexity index is 878. The zero-order chi connectivity index (χ0) is 43.0. The van der Waals surface area contributed by atoms with Crippen molar-refractivity contribution in [3.05, 3.63) is 12.2 Å². The lowest BCUT2D eigenvalue weighted by Gasteiger charge is -2.20. The second kappa shape index (κ2) is 49.3. The molecule has 0 saturated carbocycles. The molecule has 0 aromatic rings. The zero-order valence-electron chi connectivity index (χ0n) is 39.7. The van der Waals surface area contributed by atoms with E-state index in [1.807, 2.05) is 6.08 Å². The van der Waals surface area contributed by atoms with Crippen molar-refractivity contribution in [2.24, 2.45) is 0 Å². The predicted octanol–water partition coefficient (Wildman–Crippen LogP) is 15.7. The molecule has 59 heavy (non-hydrogen) atoms. The van der Waals surface area contributed by atoms with Crippen LogP contribution in [0.3, 0.4) is 0 Å². The molecule has 0 rings (SSSR count). The Kier molecular flexibility index (Phi) is 48.1. The first-order valence-corrected chi connectivity index (χ1v) is 26.5. The van der Waals surface area contributed by atoms with Crippen LogP contribution in [0.4, 0.5) is 0 Å². The van der Waals surface area contributed by atoms with Crippen LogP contribution in [0.2, 0.25) is 0 Å². The number of hydrogen-bond acceptors (Lipinski definition) is 5. The molecule has 0 fully saturated rings. The van der Waals surface area contributed by atoms with Crippen LogP contribution in [-0.2, 0) is 14.3 Å². The van der Waals surface area contributed by atoms with Gasteiger partial charge in [0.05, 0.1) is 25.4 Å². The smallest absolute Gasteiger partial charge is 0.305 e. The van der Waals surface area contributed by atoms with Crippen LogP contribution in [-0.4, -0.2) is 47.4 Å². The average molecular weight is 834 g/mol. The number of esters is 1. The summed E-state index contributed by atoms with van der Waals surface area (Å²) in [5, 5.41) is 23.0. The van der Waals surface area contributed by atoms with E-state index in [1.165, 1.54) is 205 Å². The van der Waals surface area contributed by atoms with Crippen molar-refractivity contribution in [3.63, 3.8) is 0 Å². The van der Waals surface area contributed by atoms with Crippen LogP contribution in [0.25, 0.3) is 0 Å². The van der Waals surface area contributed by atoms with Crippen LogP contribution in [0.1, 0.15) is 290 Å². The van der Waals surface area contributed by atoms with Gasteiger partial charge >= 0.3 is 5.97 Å². The number of nitrogens with one attached hydrogen (secondary N) is 1. The van der Waals surface area contributed by atoms with Crippen LogP contribution >= 0.6 is 0 Å². The van der Waals surface area contributed by atoms with Gasteiger partial charge in [-0.2, -0.15) is 0 Å². The zero-order valence-corrected chi connectivity index (χ0v) is 39.7. The molecular formula is C53H103NO5. The molecule has 0 heterocycles. The van der Waals surface area contributed by atoms with E-state index in [9.17, 15) is 19.8 Å². The molecule has 0 saturated heterocycles. The van der Waals surface area contributed by atoms with Gasteiger partial charge in [-0.25, -0.2) is 0 Å². The molecule has 0 aliphatic rings. The van der Waals surface area contributed by atoms with Gasteiger partial charge in [0.15, 0.2) is 0 Å². The highest BCUT2D eigenvalue weighted by Crippen LogP contribution is 2.16. The van der Waals surface area contributed by atoms with Crippen molar-refractivity contribution >= 4 is 11.9 Å². The summed E-state index contributed by atoms with van der Waals surface area (Å²) >= 11 is 0. The number of hydrogen-bond donors (Lipinski definition) is 3. The summed E-state index contributed by atoms with van der Waals surface area (Å²) in [5.41, 5.74) is 0. The average Bonchev–Trinajstić information content (AvgIpc) is 3.24. The third-order valence-corrected chi connectivity index (χ3v) is 12.3. The van der Waals surface area contributed by atoms with Gasteiger partial charge in [0.2, 0.25) is 5.91 Å². The molecule has 0 aliphatic carbocycles. The standard InChI is InChI=1S/C53H103NO5/c1-3-5-7-9-11-13-15-17-19-23-27-31-35-39-43-47-53(58)59-48-44-40-36-32-28-24-20-22-26-30-34-38-42-46-52(57)54-50(49-55)51(56)45-41-37-33-29-25-21-18-16-14-12-10-8-6-4-2/h41,45,50-51,55-56H,3-40,42-44,46-49H2,1-2H3,(H,54,57)/b45-41+. The molecular weight excluding hydrogens is 731 g/mol. The molecule has 350 valence electrons. The maximum Gasteiger partial charge on any atom is 0.305 e. The lowest BCUT2D eigenvalue weighted by Crippen LogP contribution is -2.45. The molecule has 3 N–H and O–H groups in total. The Hall–Kier alpha value is -1.40. The van der Waals surface area contributed by atoms with Gasteiger partial charge < -0.3 is 20.3 Å². The number of carbonyl (C=O) groups excluding carboxylic acids is 2. The Morgan fingerprint density at radius 2 is 0.780 bits per heavy atom. The van der Waals surface area contributed by atoms with Crippen LogP contribution in [0.5, 0.6) is 0 Å². The van der Waals surface area contributed by atoms with E-state index in [0.717, 1.165) is 57.8 Å². The second-order valence-electron chi connectivity index (χ2n) is 18.2. The summed E-state index contributed by atoms with van der Waals surface area (Å²) in [6, 6.07) is -0.635. The van der Waals surface area contributed by atoms with Gasteiger partial charge in [-0.3, -0.25) is 9.59 Å². The second-order valence-corrected chi connectivity index (χ2v) is 18.2. The van der Waals surface area contributed by atoms with Gasteiger partial charge in [0.1, 0.15) is 0 Å². The molecule has 2 unspecified atom stereocenters. The minimum absolute atomic E-state index is 0.00382. The quantitative estimate of drug-likeness (QED) is 0.0322. The van der Waals surface area contributed by atoms with E-state index in [-0.39, 0.29) is 18.5 Å². The Labute approximate surface area is 368 Å². The first kappa shape index (κ1) is 57.6. The molecule has 2 atom stereocenters. The summed E-state index contributed by atoms with van der Waals surface area (Å²) in [6.07, 6.45) is 56.4. The number of unbranched alkanes of at least 4 members (excludes halogenated alkanes) is 38. The minimum Gasteiger partial charge on any atom is -0.466 e. The lowest BCUT2D eigenvalue weighted by atomic mass is 10.0. The molecule has 0 aromatic heterocycles. The number of allylic oxidation sites excluding steroid dienone is 1. The first-order chi connectivity index (χ1) is 29.0. The Morgan fingerprint density at radius 1 is 0.458 bits per heavy atom. The highest BCUT2D eigenvalue weighted by Gasteiger charge is 2.18. The Balaban J connectivity index is 3.46. The number of amides is 1. The Morgan fingerprint density at radius 3 is 1.15 bits per heavy atom. The lowest BCUT2D eigenvalue weighted by molar-refractivity contribution is -0.143. The fourth-order valence-electron chi connectivity index (χ4n) is 8.22. The van der Waals surface area contributed by atoms with Crippen LogP contribution < -0.4 is 5.32 Å². The summed E-state index contributed by atoms with van der Waals surface area (Å²) in [4.78, 5) is 24.5. The number of carbonyl (C=O) groups is 2. The molecule has 6 nitrogen and oxygen atoms in total. The monoisotopic (exact) mass is 834 g/mol. The highest BCUT2D eigenvalue weighted by molar-refractivity contribution is 5.76. The third-order valence-electron chi connectivity index (χ3n) is 12.3. The van der Waals surface area contributed by atoms with E-state index in [1.54, 1.807) is 6.08 Å². The van der Waals surface area contributed by atoms with Crippen molar-refractivity contribution in [1.29, 1.82) is 0 Å². The number of aliphatic hydroxyl groups is 2. The van der Waals surface area contributed by atoms with Gasteiger partial charge in [0.25, 0.3) is 0 Å². The van der Waals surface area contributed by atoms with Gasteiger partial charge in [-0.1, -0.05) is 257 Å². The summed E-state index contributed by atoms with van der Waals surface area (Å²) in [6.45, 7) is 4.88. The number of rotatable bonds is 49. The SMILES string of the molecule is CCCCCCCCCCCCCC/C=C/C(O)C(CO)NC(=O)CCCCCCCCCCCCCCCOC(=O)CCCCCCCCCCCCCCCCC. The number of ether oxygens (including phenoxy) is 1. The third kappa shape index (κ3) is 45.9. The topological polar surface area (TPSA) is 95.9 Å². The van der Waals surface area contributed by atoms with Crippen LogP contribution in [0.15, 0.2) is 12.2 Å². The highest BCUT2D eigenvalue weighted by atomic mass is 16.5. The molecule has 0 radical (unpaired) electrons. The maximum absolute atomic E-state index is 12.4. The van der Waals surface area contributed by atoms with Crippen LogP contribution in [0, 0.1) is 0 Å². The fraction of sp³-hybridized carbons (Fsp3) is 0.925. The van der Waals surface area contributed by atoms with E-state index in [4.69, 9.17) is 4.74 Å². The summed E-state index contributed by atoms with van der Waals surface area (Å²) < 4.78 is 5.47. The molecule has 0 aliphatic heterocycles. The molecule has 6 heteroatoms. The molecule has 0 bridgehead atoms.